The normalized spacial score (nSPS) is 11.8. The summed E-state index contributed by atoms with van der Waals surface area (Å²) >= 11 is 3.09. The average molecular weight is 353 g/mol. The standard InChI is InChI=1S/C13H16BrF3N2O/c1-8(2)18-5-6-19-12(20)10-7-9(13(15,16)17)3-4-11(10)14/h3-4,7-8,18H,5-6H2,1-2H3,(H,19,20). The Morgan fingerprint density at radius 2 is 1.95 bits per heavy atom. The van der Waals surface area contributed by atoms with E-state index in [0.717, 1.165) is 12.1 Å². The van der Waals surface area contributed by atoms with Gasteiger partial charge < -0.3 is 10.6 Å². The summed E-state index contributed by atoms with van der Waals surface area (Å²) < 4.78 is 38.1. The third-order valence-corrected chi connectivity index (χ3v) is 3.19. The predicted octanol–water partition coefficient (Wildman–Crippen LogP) is 3.20. The minimum absolute atomic E-state index is 0.0237. The first kappa shape index (κ1) is 17.0. The van der Waals surface area contributed by atoms with E-state index in [9.17, 15) is 18.0 Å². The van der Waals surface area contributed by atoms with Crippen molar-refractivity contribution in [1.29, 1.82) is 0 Å². The van der Waals surface area contributed by atoms with Crippen LogP contribution in [0.3, 0.4) is 0 Å². The fourth-order valence-electron chi connectivity index (χ4n) is 1.51. The molecule has 0 atom stereocenters. The molecule has 112 valence electrons. The van der Waals surface area contributed by atoms with Gasteiger partial charge in [0.05, 0.1) is 11.1 Å². The highest BCUT2D eigenvalue weighted by molar-refractivity contribution is 9.10. The van der Waals surface area contributed by atoms with Gasteiger partial charge in [-0.25, -0.2) is 0 Å². The van der Waals surface area contributed by atoms with E-state index >= 15 is 0 Å². The van der Waals surface area contributed by atoms with E-state index in [-0.39, 0.29) is 11.6 Å². The predicted molar refractivity (Wildman–Crippen MR) is 74.6 cm³/mol. The van der Waals surface area contributed by atoms with Crippen LogP contribution in [0.4, 0.5) is 13.2 Å². The molecular formula is C13H16BrF3N2O. The topological polar surface area (TPSA) is 41.1 Å². The zero-order valence-corrected chi connectivity index (χ0v) is 12.7. The third kappa shape index (κ3) is 5.13. The molecule has 1 amide bonds. The second-order valence-corrected chi connectivity index (χ2v) is 5.41. The van der Waals surface area contributed by atoms with Crippen molar-refractivity contribution in [2.24, 2.45) is 0 Å². The van der Waals surface area contributed by atoms with Gasteiger partial charge in [0.15, 0.2) is 0 Å². The number of alkyl halides is 3. The fraction of sp³-hybridized carbons (Fsp3) is 0.462. The molecule has 3 nitrogen and oxygen atoms in total. The van der Waals surface area contributed by atoms with E-state index in [0.29, 0.717) is 17.6 Å². The minimum Gasteiger partial charge on any atom is -0.351 e. The first-order valence-corrected chi connectivity index (χ1v) is 6.89. The average Bonchev–Trinajstić information content (AvgIpc) is 2.33. The van der Waals surface area contributed by atoms with E-state index < -0.39 is 17.6 Å². The van der Waals surface area contributed by atoms with E-state index in [4.69, 9.17) is 0 Å². The van der Waals surface area contributed by atoms with Crippen LogP contribution >= 0.6 is 15.9 Å². The van der Waals surface area contributed by atoms with Gasteiger partial charge in [-0.2, -0.15) is 13.2 Å². The van der Waals surface area contributed by atoms with Crippen LogP contribution in [0.2, 0.25) is 0 Å². The molecule has 2 N–H and O–H groups in total. The molecule has 1 aromatic rings. The summed E-state index contributed by atoms with van der Waals surface area (Å²) in [7, 11) is 0. The molecule has 0 radical (unpaired) electrons. The number of carbonyl (C=O) groups excluding carboxylic acids is 1. The number of hydrogen-bond donors (Lipinski definition) is 2. The smallest absolute Gasteiger partial charge is 0.351 e. The molecule has 0 aliphatic heterocycles. The first-order chi connectivity index (χ1) is 9.21. The second-order valence-electron chi connectivity index (χ2n) is 4.56. The van der Waals surface area contributed by atoms with Crippen LogP contribution in [0.5, 0.6) is 0 Å². The van der Waals surface area contributed by atoms with Crippen LogP contribution in [0.15, 0.2) is 22.7 Å². The van der Waals surface area contributed by atoms with Crippen LogP contribution in [-0.2, 0) is 6.18 Å². The summed E-state index contributed by atoms with van der Waals surface area (Å²) in [6.45, 7) is 4.83. The monoisotopic (exact) mass is 352 g/mol. The number of nitrogens with one attached hydrogen (secondary N) is 2. The molecule has 0 unspecified atom stereocenters. The third-order valence-electron chi connectivity index (χ3n) is 2.50. The van der Waals surface area contributed by atoms with Gasteiger partial charge in [0.25, 0.3) is 5.91 Å². The molecule has 0 spiro atoms. The maximum atomic E-state index is 12.6. The molecular weight excluding hydrogens is 337 g/mol. The van der Waals surface area contributed by atoms with Crippen molar-refractivity contribution in [1.82, 2.24) is 10.6 Å². The van der Waals surface area contributed by atoms with E-state index in [1.807, 2.05) is 13.8 Å². The molecule has 0 fully saturated rings. The summed E-state index contributed by atoms with van der Waals surface area (Å²) in [6, 6.07) is 3.29. The van der Waals surface area contributed by atoms with Gasteiger partial charge in [-0.15, -0.1) is 0 Å². The summed E-state index contributed by atoms with van der Waals surface area (Å²) in [5.41, 5.74) is -0.865. The van der Waals surface area contributed by atoms with E-state index in [2.05, 4.69) is 26.6 Å². The Bertz CT molecular complexity index is 475. The van der Waals surface area contributed by atoms with Crippen LogP contribution in [0.25, 0.3) is 0 Å². The Kier molecular flexibility index (Phi) is 6.01. The molecule has 0 saturated carbocycles. The number of amides is 1. The lowest BCUT2D eigenvalue weighted by Gasteiger charge is -2.12. The van der Waals surface area contributed by atoms with Crippen LogP contribution in [0.1, 0.15) is 29.8 Å². The van der Waals surface area contributed by atoms with E-state index in [1.165, 1.54) is 6.07 Å². The van der Waals surface area contributed by atoms with Crippen molar-refractivity contribution in [2.75, 3.05) is 13.1 Å². The maximum absolute atomic E-state index is 12.6. The molecule has 1 rings (SSSR count). The Hall–Kier alpha value is -1.08. The van der Waals surface area contributed by atoms with Gasteiger partial charge in [-0.05, 0) is 34.1 Å². The lowest BCUT2D eigenvalue weighted by molar-refractivity contribution is -0.137. The van der Waals surface area contributed by atoms with Gasteiger partial charge in [0.2, 0.25) is 0 Å². The molecule has 0 heterocycles. The van der Waals surface area contributed by atoms with Crippen molar-refractivity contribution in [2.45, 2.75) is 26.1 Å². The van der Waals surface area contributed by atoms with Crippen LogP contribution in [-0.4, -0.2) is 25.0 Å². The quantitative estimate of drug-likeness (QED) is 0.799. The first-order valence-electron chi connectivity index (χ1n) is 6.10. The number of halogens is 4. The van der Waals surface area contributed by atoms with Gasteiger partial charge in [0.1, 0.15) is 0 Å². The molecule has 1 aromatic carbocycles. The lowest BCUT2D eigenvalue weighted by atomic mass is 10.1. The van der Waals surface area contributed by atoms with Crippen molar-refractivity contribution in [3.05, 3.63) is 33.8 Å². The second kappa shape index (κ2) is 7.08. The maximum Gasteiger partial charge on any atom is 0.416 e. The SMILES string of the molecule is CC(C)NCCNC(=O)c1cc(C(F)(F)F)ccc1Br. The highest BCUT2D eigenvalue weighted by Crippen LogP contribution is 2.31. The Balaban J connectivity index is 2.72. The summed E-state index contributed by atoms with van der Waals surface area (Å²) in [5, 5.41) is 5.67. The molecule has 0 aliphatic rings. The Morgan fingerprint density at radius 3 is 2.50 bits per heavy atom. The minimum atomic E-state index is -4.46. The molecule has 0 bridgehead atoms. The number of benzene rings is 1. The molecule has 0 aromatic heterocycles. The van der Waals surface area contributed by atoms with Crippen molar-refractivity contribution >= 4 is 21.8 Å². The number of hydrogen-bond acceptors (Lipinski definition) is 2. The summed E-state index contributed by atoms with van der Waals surface area (Å²) in [4.78, 5) is 11.9. The molecule has 20 heavy (non-hydrogen) atoms. The number of carbonyl (C=O) groups is 1. The van der Waals surface area contributed by atoms with Crippen molar-refractivity contribution < 1.29 is 18.0 Å². The van der Waals surface area contributed by atoms with Crippen LogP contribution < -0.4 is 10.6 Å². The number of rotatable bonds is 5. The van der Waals surface area contributed by atoms with Crippen molar-refractivity contribution in [3.63, 3.8) is 0 Å². The Labute approximate surface area is 124 Å². The highest BCUT2D eigenvalue weighted by Gasteiger charge is 2.31. The molecule has 0 saturated heterocycles. The van der Waals surface area contributed by atoms with E-state index in [1.54, 1.807) is 0 Å². The fourth-order valence-corrected chi connectivity index (χ4v) is 1.93. The summed E-state index contributed by atoms with van der Waals surface area (Å²) in [5.74, 6) is -0.534. The summed E-state index contributed by atoms with van der Waals surface area (Å²) in [6.07, 6.45) is -4.46. The molecule has 7 heteroatoms. The van der Waals surface area contributed by atoms with Gasteiger partial charge in [0, 0.05) is 23.6 Å². The highest BCUT2D eigenvalue weighted by atomic mass is 79.9. The van der Waals surface area contributed by atoms with Gasteiger partial charge in [-0.3, -0.25) is 4.79 Å². The zero-order valence-electron chi connectivity index (χ0n) is 11.1. The zero-order chi connectivity index (χ0) is 15.3. The van der Waals surface area contributed by atoms with Gasteiger partial charge in [-0.1, -0.05) is 13.8 Å². The lowest BCUT2D eigenvalue weighted by Crippen LogP contribution is -2.34. The van der Waals surface area contributed by atoms with Crippen LogP contribution in [0, 0.1) is 0 Å². The van der Waals surface area contributed by atoms with Crippen molar-refractivity contribution in [3.8, 4) is 0 Å². The Morgan fingerprint density at radius 1 is 1.30 bits per heavy atom. The largest absolute Gasteiger partial charge is 0.416 e. The molecule has 0 aliphatic carbocycles. The van der Waals surface area contributed by atoms with Gasteiger partial charge >= 0.3 is 6.18 Å².